The van der Waals surface area contributed by atoms with Crippen molar-refractivity contribution >= 4 is 17.7 Å². The molecule has 1 N–H and O–H groups in total. The summed E-state index contributed by atoms with van der Waals surface area (Å²) in [5, 5.41) is 9.53. The van der Waals surface area contributed by atoms with Crippen LogP contribution < -0.4 is 4.74 Å². The van der Waals surface area contributed by atoms with Crippen molar-refractivity contribution in [3.05, 3.63) is 64.9 Å². The molecule has 0 bridgehead atoms. The summed E-state index contributed by atoms with van der Waals surface area (Å²) in [6.45, 7) is 0.479. The maximum atomic E-state index is 12.9. The van der Waals surface area contributed by atoms with Gasteiger partial charge in [0.2, 0.25) is 0 Å². The monoisotopic (exact) mass is 292 g/mol. The molecule has 0 aliphatic carbocycles. The fourth-order valence-electron chi connectivity index (χ4n) is 1.65. The topological polar surface area (TPSA) is 29.5 Å². The van der Waals surface area contributed by atoms with Crippen molar-refractivity contribution < 1.29 is 14.2 Å². The third kappa shape index (κ3) is 4.28. The average molecular weight is 293 g/mol. The molecule has 2 aromatic carbocycles. The minimum atomic E-state index is -0.248. The maximum absolute atomic E-state index is 12.9. The Morgan fingerprint density at radius 3 is 2.80 bits per heavy atom. The van der Waals surface area contributed by atoms with Crippen molar-refractivity contribution in [1.82, 2.24) is 0 Å². The Morgan fingerprint density at radius 2 is 2.05 bits per heavy atom. The fraction of sp³-hybridized carbons (Fsp3) is 0.125. The predicted molar refractivity (Wildman–Crippen MR) is 78.7 cm³/mol. The number of hydrogen-bond donors (Lipinski definition) is 1. The minimum Gasteiger partial charge on any atom is -0.506 e. The highest BCUT2D eigenvalue weighted by Gasteiger charge is 2.00. The second kappa shape index (κ2) is 6.96. The second-order valence-corrected chi connectivity index (χ2v) is 4.61. The molecule has 0 atom stereocenters. The van der Waals surface area contributed by atoms with Crippen LogP contribution in [0.25, 0.3) is 6.08 Å². The molecule has 2 nitrogen and oxygen atoms in total. The summed E-state index contributed by atoms with van der Waals surface area (Å²) in [6, 6.07) is 11.1. The van der Waals surface area contributed by atoms with Gasteiger partial charge in [0, 0.05) is 6.07 Å². The molecule has 0 saturated heterocycles. The molecule has 4 heteroatoms. The lowest BCUT2D eigenvalue weighted by molar-refractivity contribution is 0.324. The summed E-state index contributed by atoms with van der Waals surface area (Å²) >= 11 is 5.77. The Bertz CT molecular complexity index is 611. The van der Waals surface area contributed by atoms with Crippen LogP contribution in [-0.4, -0.2) is 11.7 Å². The number of aromatic hydroxyl groups is 1. The summed E-state index contributed by atoms with van der Waals surface area (Å²) in [5.41, 5.74) is 0.817. The van der Waals surface area contributed by atoms with E-state index in [2.05, 4.69) is 0 Å². The molecule has 0 heterocycles. The zero-order valence-electron chi connectivity index (χ0n) is 10.7. The van der Waals surface area contributed by atoms with Crippen molar-refractivity contribution in [2.24, 2.45) is 0 Å². The number of phenols is 1. The van der Waals surface area contributed by atoms with E-state index >= 15 is 0 Å². The summed E-state index contributed by atoms with van der Waals surface area (Å²) < 4.78 is 18.4. The van der Waals surface area contributed by atoms with E-state index in [9.17, 15) is 9.50 Å². The van der Waals surface area contributed by atoms with E-state index < -0.39 is 0 Å². The first-order valence-corrected chi connectivity index (χ1v) is 6.56. The molecule has 0 amide bonds. The lowest BCUT2D eigenvalue weighted by Crippen LogP contribution is -1.95. The molecule has 0 aliphatic rings. The average Bonchev–Trinajstić information content (AvgIpc) is 2.42. The zero-order valence-corrected chi connectivity index (χ0v) is 11.5. The molecule has 0 unspecified atom stereocenters. The van der Waals surface area contributed by atoms with Crippen LogP contribution in [0.15, 0.2) is 48.5 Å². The van der Waals surface area contributed by atoms with E-state index in [1.807, 2.05) is 18.2 Å². The largest absolute Gasteiger partial charge is 0.506 e. The summed E-state index contributed by atoms with van der Waals surface area (Å²) in [4.78, 5) is 0. The van der Waals surface area contributed by atoms with E-state index in [-0.39, 0.29) is 16.6 Å². The van der Waals surface area contributed by atoms with Crippen molar-refractivity contribution in [3.8, 4) is 11.5 Å². The molecule has 0 aliphatic heterocycles. The van der Waals surface area contributed by atoms with Gasteiger partial charge in [-0.3, -0.25) is 0 Å². The van der Waals surface area contributed by atoms with Gasteiger partial charge in [-0.2, -0.15) is 0 Å². The van der Waals surface area contributed by atoms with Gasteiger partial charge in [0.05, 0.1) is 11.6 Å². The first-order valence-electron chi connectivity index (χ1n) is 6.18. The molecule has 0 fully saturated rings. The Kier molecular flexibility index (Phi) is 5.02. The lowest BCUT2D eigenvalue weighted by atomic mass is 10.2. The van der Waals surface area contributed by atoms with Crippen LogP contribution in [-0.2, 0) is 0 Å². The third-order valence-electron chi connectivity index (χ3n) is 2.63. The van der Waals surface area contributed by atoms with Crippen LogP contribution in [0.2, 0.25) is 5.02 Å². The predicted octanol–water partition coefficient (Wildman–Crippen LogP) is 4.67. The molecular formula is C16H14ClFO2. The normalized spacial score (nSPS) is 10.9. The highest BCUT2D eigenvalue weighted by molar-refractivity contribution is 6.32. The number of benzene rings is 2. The Balaban J connectivity index is 1.80. The molecule has 0 spiro atoms. The summed E-state index contributed by atoms with van der Waals surface area (Å²) in [6.07, 6.45) is 4.45. The maximum Gasteiger partial charge on any atom is 0.134 e. The van der Waals surface area contributed by atoms with Gasteiger partial charge < -0.3 is 9.84 Å². The minimum absolute atomic E-state index is 0.0324. The molecule has 104 valence electrons. The number of phenolic OH excluding ortho intramolecular Hbond substituents is 1. The van der Waals surface area contributed by atoms with Gasteiger partial charge >= 0.3 is 0 Å². The fourth-order valence-corrected chi connectivity index (χ4v) is 1.82. The van der Waals surface area contributed by atoms with Crippen LogP contribution in [0.4, 0.5) is 4.39 Å². The van der Waals surface area contributed by atoms with E-state index in [1.165, 1.54) is 18.2 Å². The molecule has 2 aromatic rings. The van der Waals surface area contributed by atoms with Crippen LogP contribution in [0.1, 0.15) is 12.0 Å². The van der Waals surface area contributed by atoms with E-state index in [0.29, 0.717) is 18.8 Å². The SMILES string of the molecule is Oc1ccc(OCCC=Cc2cccc(F)c2)cc1Cl. The van der Waals surface area contributed by atoms with E-state index in [1.54, 1.807) is 18.2 Å². The highest BCUT2D eigenvalue weighted by Crippen LogP contribution is 2.27. The van der Waals surface area contributed by atoms with E-state index in [4.69, 9.17) is 16.3 Å². The second-order valence-electron chi connectivity index (χ2n) is 4.21. The standard InChI is InChI=1S/C16H14ClFO2/c17-15-11-14(7-8-16(15)19)20-9-2-1-4-12-5-3-6-13(18)10-12/h1,3-8,10-11,19H,2,9H2. The number of hydrogen-bond acceptors (Lipinski definition) is 2. The molecular weight excluding hydrogens is 279 g/mol. The zero-order chi connectivity index (χ0) is 14.4. The van der Waals surface area contributed by atoms with Gasteiger partial charge in [-0.15, -0.1) is 0 Å². The number of ether oxygens (including phenoxy) is 1. The quantitative estimate of drug-likeness (QED) is 0.812. The Hall–Kier alpha value is -2.00. The lowest BCUT2D eigenvalue weighted by Gasteiger charge is -2.05. The Morgan fingerprint density at radius 1 is 1.20 bits per heavy atom. The van der Waals surface area contributed by atoms with Crippen LogP contribution >= 0.6 is 11.6 Å². The van der Waals surface area contributed by atoms with Crippen molar-refractivity contribution in [1.29, 1.82) is 0 Å². The molecule has 0 aromatic heterocycles. The molecule has 0 radical (unpaired) electrons. The third-order valence-corrected chi connectivity index (χ3v) is 2.93. The Labute approximate surface area is 122 Å². The molecule has 2 rings (SSSR count). The van der Waals surface area contributed by atoms with Gasteiger partial charge in [-0.25, -0.2) is 4.39 Å². The summed E-state index contributed by atoms with van der Waals surface area (Å²) in [5.74, 6) is 0.388. The van der Waals surface area contributed by atoms with Crippen molar-refractivity contribution in [2.75, 3.05) is 6.61 Å². The highest BCUT2D eigenvalue weighted by atomic mass is 35.5. The smallest absolute Gasteiger partial charge is 0.134 e. The first kappa shape index (κ1) is 14.4. The van der Waals surface area contributed by atoms with Gasteiger partial charge in [-0.1, -0.05) is 35.9 Å². The van der Waals surface area contributed by atoms with Crippen LogP contribution in [0.5, 0.6) is 11.5 Å². The first-order chi connectivity index (χ1) is 9.65. The van der Waals surface area contributed by atoms with Crippen LogP contribution in [0, 0.1) is 5.82 Å². The van der Waals surface area contributed by atoms with Gasteiger partial charge in [0.15, 0.2) is 0 Å². The molecule has 0 saturated carbocycles. The van der Waals surface area contributed by atoms with Gasteiger partial charge in [0.25, 0.3) is 0 Å². The van der Waals surface area contributed by atoms with Gasteiger partial charge in [-0.05, 0) is 36.2 Å². The van der Waals surface area contributed by atoms with Crippen molar-refractivity contribution in [2.45, 2.75) is 6.42 Å². The van der Waals surface area contributed by atoms with Gasteiger partial charge in [0.1, 0.15) is 17.3 Å². The molecule has 20 heavy (non-hydrogen) atoms. The van der Waals surface area contributed by atoms with E-state index in [0.717, 1.165) is 5.56 Å². The van der Waals surface area contributed by atoms with Crippen molar-refractivity contribution in [3.63, 3.8) is 0 Å². The summed E-state index contributed by atoms with van der Waals surface area (Å²) in [7, 11) is 0. The van der Waals surface area contributed by atoms with Crippen LogP contribution in [0.3, 0.4) is 0 Å². The number of halogens is 2. The number of rotatable bonds is 5.